The Morgan fingerprint density at radius 3 is 2.80 bits per heavy atom. The van der Waals surface area contributed by atoms with Crippen molar-refractivity contribution in [1.82, 2.24) is 24.3 Å². The van der Waals surface area contributed by atoms with Crippen molar-refractivity contribution in [2.24, 2.45) is 7.05 Å². The molecule has 0 saturated carbocycles. The molecule has 0 unspecified atom stereocenters. The van der Waals surface area contributed by atoms with E-state index >= 15 is 0 Å². The number of nitrogens with zero attached hydrogens (tertiary/aromatic N) is 5. The number of fused-ring (bicyclic) bond motifs is 1. The highest BCUT2D eigenvalue weighted by molar-refractivity contribution is 6.31. The highest BCUT2D eigenvalue weighted by Crippen LogP contribution is 2.22. The number of hydrogen-bond donors (Lipinski definition) is 0. The lowest BCUT2D eigenvalue weighted by Crippen LogP contribution is -2.09. The molecule has 7 heteroatoms. The number of aryl methyl sites for hydroxylation is 2. The average molecular weight is 310 g/mol. The summed E-state index contributed by atoms with van der Waals surface area (Å²) in [4.78, 5) is 4.61. The Balaban J connectivity index is 2.11. The number of halogens is 2. The van der Waals surface area contributed by atoms with Gasteiger partial charge in [-0.2, -0.15) is 0 Å². The lowest BCUT2D eigenvalue weighted by molar-refractivity contribution is 0.680. The van der Waals surface area contributed by atoms with E-state index in [1.54, 1.807) is 6.33 Å². The SMILES string of the molecule is Cn1cnnc1Cn1c(CCCl)nc2cc(Cl)ccc21. The molecule has 0 fully saturated rings. The van der Waals surface area contributed by atoms with Crippen LogP contribution in [0.1, 0.15) is 11.6 Å². The van der Waals surface area contributed by atoms with Crippen molar-refractivity contribution >= 4 is 34.2 Å². The van der Waals surface area contributed by atoms with Crippen molar-refractivity contribution in [2.75, 3.05) is 5.88 Å². The molecule has 0 aliphatic rings. The maximum atomic E-state index is 6.02. The van der Waals surface area contributed by atoms with Crippen LogP contribution in [0.2, 0.25) is 5.02 Å². The highest BCUT2D eigenvalue weighted by Gasteiger charge is 2.13. The summed E-state index contributed by atoms with van der Waals surface area (Å²) in [6, 6.07) is 5.70. The molecule has 5 nitrogen and oxygen atoms in total. The summed E-state index contributed by atoms with van der Waals surface area (Å²) in [6.07, 6.45) is 2.39. The molecule has 0 spiro atoms. The van der Waals surface area contributed by atoms with Gasteiger partial charge in [-0.05, 0) is 18.2 Å². The van der Waals surface area contributed by atoms with Crippen LogP contribution in [-0.2, 0) is 20.0 Å². The number of aromatic nitrogens is 5. The van der Waals surface area contributed by atoms with E-state index in [2.05, 4.69) is 19.7 Å². The molecule has 1 aromatic carbocycles. The summed E-state index contributed by atoms with van der Waals surface area (Å²) in [6.45, 7) is 0.612. The Morgan fingerprint density at radius 2 is 2.10 bits per heavy atom. The minimum Gasteiger partial charge on any atom is -0.320 e. The number of alkyl halides is 1. The van der Waals surface area contributed by atoms with E-state index in [9.17, 15) is 0 Å². The van der Waals surface area contributed by atoms with E-state index in [0.29, 0.717) is 23.9 Å². The molecule has 0 aliphatic heterocycles. The van der Waals surface area contributed by atoms with Crippen LogP contribution in [0.3, 0.4) is 0 Å². The van der Waals surface area contributed by atoms with Crippen LogP contribution in [-0.4, -0.2) is 30.2 Å². The Kier molecular flexibility index (Phi) is 3.63. The third kappa shape index (κ3) is 2.39. The predicted molar refractivity (Wildman–Crippen MR) is 79.3 cm³/mol. The van der Waals surface area contributed by atoms with Gasteiger partial charge in [0.25, 0.3) is 0 Å². The average Bonchev–Trinajstić information content (AvgIpc) is 2.96. The first-order valence-corrected chi connectivity index (χ1v) is 7.14. The third-order valence-electron chi connectivity index (χ3n) is 3.21. The van der Waals surface area contributed by atoms with E-state index in [4.69, 9.17) is 23.2 Å². The molecule has 104 valence electrons. The zero-order valence-corrected chi connectivity index (χ0v) is 12.4. The van der Waals surface area contributed by atoms with Crippen LogP contribution in [0.4, 0.5) is 0 Å². The van der Waals surface area contributed by atoms with E-state index in [1.807, 2.05) is 29.8 Å². The zero-order chi connectivity index (χ0) is 14.1. The summed E-state index contributed by atoms with van der Waals surface area (Å²) in [7, 11) is 1.92. The van der Waals surface area contributed by atoms with Gasteiger partial charge in [0.15, 0.2) is 5.82 Å². The lowest BCUT2D eigenvalue weighted by Gasteiger charge is -2.07. The molecule has 20 heavy (non-hydrogen) atoms. The van der Waals surface area contributed by atoms with Crippen molar-refractivity contribution in [1.29, 1.82) is 0 Å². The molecule has 0 bridgehead atoms. The van der Waals surface area contributed by atoms with Gasteiger partial charge in [-0.25, -0.2) is 4.98 Å². The topological polar surface area (TPSA) is 48.5 Å². The smallest absolute Gasteiger partial charge is 0.152 e. The van der Waals surface area contributed by atoms with Crippen molar-refractivity contribution in [3.8, 4) is 0 Å². The fourth-order valence-electron chi connectivity index (χ4n) is 2.20. The minimum atomic E-state index is 0.524. The Labute approximate surface area is 126 Å². The van der Waals surface area contributed by atoms with E-state index in [0.717, 1.165) is 22.7 Å². The first-order valence-electron chi connectivity index (χ1n) is 6.22. The summed E-state index contributed by atoms with van der Waals surface area (Å²) in [5, 5.41) is 8.70. The Bertz CT molecular complexity index is 746. The van der Waals surface area contributed by atoms with Gasteiger partial charge in [0.1, 0.15) is 12.2 Å². The number of hydrogen-bond acceptors (Lipinski definition) is 3. The Hall–Kier alpha value is -1.59. The maximum Gasteiger partial charge on any atom is 0.152 e. The monoisotopic (exact) mass is 309 g/mol. The molecule has 0 radical (unpaired) electrons. The molecule has 0 saturated heterocycles. The fraction of sp³-hybridized carbons (Fsp3) is 0.308. The summed E-state index contributed by atoms with van der Waals surface area (Å²) in [5.74, 6) is 2.32. The molecule has 0 N–H and O–H groups in total. The predicted octanol–water partition coefficient (Wildman–Crippen LogP) is 2.65. The van der Waals surface area contributed by atoms with Gasteiger partial charge >= 0.3 is 0 Å². The quantitative estimate of drug-likeness (QED) is 0.696. The normalized spacial score (nSPS) is 11.3. The number of benzene rings is 1. The molecule has 0 aliphatic carbocycles. The van der Waals surface area contributed by atoms with Gasteiger partial charge in [0, 0.05) is 24.4 Å². The van der Waals surface area contributed by atoms with Crippen LogP contribution in [0.15, 0.2) is 24.5 Å². The number of rotatable bonds is 4. The minimum absolute atomic E-state index is 0.524. The van der Waals surface area contributed by atoms with Crippen LogP contribution in [0, 0.1) is 0 Å². The zero-order valence-electron chi connectivity index (χ0n) is 10.9. The van der Waals surface area contributed by atoms with Gasteiger partial charge in [-0.3, -0.25) is 0 Å². The van der Waals surface area contributed by atoms with Gasteiger partial charge in [0.2, 0.25) is 0 Å². The van der Waals surface area contributed by atoms with E-state index in [-0.39, 0.29) is 0 Å². The van der Waals surface area contributed by atoms with Crippen molar-refractivity contribution in [3.05, 3.63) is 41.2 Å². The molecular formula is C13H13Cl2N5. The maximum absolute atomic E-state index is 6.02. The first kappa shape index (κ1) is 13.4. The van der Waals surface area contributed by atoms with Gasteiger partial charge < -0.3 is 9.13 Å². The van der Waals surface area contributed by atoms with Crippen molar-refractivity contribution in [2.45, 2.75) is 13.0 Å². The van der Waals surface area contributed by atoms with Crippen molar-refractivity contribution < 1.29 is 0 Å². The van der Waals surface area contributed by atoms with Gasteiger partial charge in [0.05, 0.1) is 17.6 Å². The molecule has 0 amide bonds. The van der Waals surface area contributed by atoms with Gasteiger partial charge in [-0.1, -0.05) is 11.6 Å². The molecule has 3 rings (SSSR count). The summed E-state index contributed by atoms with van der Waals surface area (Å²) >= 11 is 11.9. The largest absolute Gasteiger partial charge is 0.320 e. The molecular weight excluding hydrogens is 297 g/mol. The van der Waals surface area contributed by atoms with Crippen LogP contribution >= 0.6 is 23.2 Å². The fourth-order valence-corrected chi connectivity index (χ4v) is 2.53. The summed E-state index contributed by atoms with van der Waals surface area (Å²) < 4.78 is 4.00. The molecule has 0 atom stereocenters. The lowest BCUT2D eigenvalue weighted by atomic mass is 10.3. The van der Waals surface area contributed by atoms with Crippen LogP contribution < -0.4 is 0 Å². The van der Waals surface area contributed by atoms with Gasteiger partial charge in [-0.15, -0.1) is 21.8 Å². The second-order valence-corrected chi connectivity index (χ2v) is 5.36. The second kappa shape index (κ2) is 5.42. The van der Waals surface area contributed by atoms with E-state index in [1.165, 1.54) is 0 Å². The highest BCUT2D eigenvalue weighted by atomic mass is 35.5. The second-order valence-electron chi connectivity index (χ2n) is 4.54. The number of imidazole rings is 1. The Morgan fingerprint density at radius 1 is 1.25 bits per heavy atom. The molecule has 2 heterocycles. The molecule has 2 aromatic heterocycles. The summed E-state index contributed by atoms with van der Waals surface area (Å²) in [5.41, 5.74) is 1.90. The van der Waals surface area contributed by atoms with E-state index < -0.39 is 0 Å². The molecule has 3 aromatic rings. The van der Waals surface area contributed by atoms with Crippen LogP contribution in [0.5, 0.6) is 0 Å². The standard InChI is InChI=1S/C13H13Cl2N5/c1-19-8-16-18-13(19)7-20-11-3-2-9(15)6-10(11)17-12(20)4-5-14/h2-3,6,8H,4-5,7H2,1H3. The van der Waals surface area contributed by atoms with Crippen LogP contribution in [0.25, 0.3) is 11.0 Å². The third-order valence-corrected chi connectivity index (χ3v) is 3.64. The van der Waals surface area contributed by atoms with Crippen molar-refractivity contribution in [3.63, 3.8) is 0 Å². The first-order chi connectivity index (χ1) is 9.69.